The highest BCUT2D eigenvalue weighted by Crippen LogP contribution is 2.36. The number of nitrogens with zero attached hydrogens (tertiary/aromatic N) is 1. The zero-order valence-corrected chi connectivity index (χ0v) is 21.3. The fourth-order valence-electron chi connectivity index (χ4n) is 3.96. The van der Waals surface area contributed by atoms with Crippen molar-refractivity contribution >= 4 is 23.6 Å². The number of hydrogen-bond donors (Lipinski definition) is 2. The van der Waals surface area contributed by atoms with Crippen LogP contribution in [-0.4, -0.2) is 48.1 Å². The molecule has 0 bridgehead atoms. The van der Waals surface area contributed by atoms with Crippen LogP contribution in [0, 0.1) is 13.8 Å². The Bertz CT molecular complexity index is 1050. The third kappa shape index (κ3) is 7.47. The van der Waals surface area contributed by atoms with E-state index >= 15 is 0 Å². The second-order valence-corrected chi connectivity index (χ2v) is 9.93. The summed E-state index contributed by atoms with van der Waals surface area (Å²) in [7, 11) is 1.58. The predicted octanol–water partition coefficient (Wildman–Crippen LogP) is 4.51. The molecule has 0 aromatic heterocycles. The largest absolute Gasteiger partial charge is 0.497 e. The number of carbonyl (C=O) groups excluding carboxylic acids is 3. The zero-order valence-electron chi connectivity index (χ0n) is 21.3. The predicted molar refractivity (Wildman–Crippen MR) is 134 cm³/mol. The number of methoxy groups -OCH3 is 1. The van der Waals surface area contributed by atoms with Crippen LogP contribution < -0.4 is 15.4 Å². The van der Waals surface area contributed by atoms with E-state index in [1.54, 1.807) is 57.0 Å². The Morgan fingerprint density at radius 3 is 2.14 bits per heavy atom. The Balaban J connectivity index is 1.88. The lowest BCUT2D eigenvalue weighted by Gasteiger charge is -2.32. The molecule has 8 nitrogen and oxygen atoms in total. The summed E-state index contributed by atoms with van der Waals surface area (Å²) in [6.45, 7) is 8.92. The maximum absolute atomic E-state index is 13.6. The summed E-state index contributed by atoms with van der Waals surface area (Å²) in [5.41, 5.74) is 2.64. The van der Waals surface area contributed by atoms with E-state index in [1.807, 2.05) is 32.0 Å². The van der Waals surface area contributed by atoms with Gasteiger partial charge in [-0.2, -0.15) is 0 Å². The molecule has 1 aliphatic carbocycles. The van der Waals surface area contributed by atoms with Crippen LogP contribution in [0.15, 0.2) is 42.5 Å². The molecule has 3 rings (SSSR count). The number of hydrogen-bond acceptors (Lipinski definition) is 5. The lowest BCUT2D eigenvalue weighted by atomic mass is 9.98. The number of anilines is 1. The summed E-state index contributed by atoms with van der Waals surface area (Å²) >= 11 is 0. The molecule has 188 valence electrons. The molecule has 2 N–H and O–H groups in total. The minimum absolute atomic E-state index is 0.0737. The molecule has 1 fully saturated rings. The van der Waals surface area contributed by atoms with Crippen LogP contribution in [0.1, 0.15) is 56.3 Å². The zero-order chi connectivity index (χ0) is 25.8. The highest BCUT2D eigenvalue weighted by molar-refractivity contribution is 5.98. The second kappa shape index (κ2) is 10.8. The third-order valence-corrected chi connectivity index (χ3v) is 5.45. The molecule has 0 heterocycles. The van der Waals surface area contributed by atoms with E-state index in [-0.39, 0.29) is 24.4 Å². The number of alkyl carbamates (subject to hydrolysis) is 1. The van der Waals surface area contributed by atoms with Gasteiger partial charge in [0.15, 0.2) is 0 Å². The van der Waals surface area contributed by atoms with Crippen LogP contribution in [0.4, 0.5) is 10.5 Å². The summed E-state index contributed by atoms with van der Waals surface area (Å²) in [5, 5.41) is 5.48. The van der Waals surface area contributed by atoms with Crippen LogP contribution in [0.25, 0.3) is 0 Å². The van der Waals surface area contributed by atoms with E-state index in [9.17, 15) is 14.4 Å². The van der Waals surface area contributed by atoms with Gasteiger partial charge in [-0.3, -0.25) is 9.59 Å². The highest BCUT2D eigenvalue weighted by Gasteiger charge is 2.41. The minimum atomic E-state index is -0.851. The monoisotopic (exact) mass is 481 g/mol. The molecule has 0 radical (unpaired) electrons. The molecule has 1 aliphatic rings. The van der Waals surface area contributed by atoms with Crippen molar-refractivity contribution in [1.82, 2.24) is 10.2 Å². The molecule has 1 atom stereocenters. The van der Waals surface area contributed by atoms with E-state index in [1.165, 1.54) is 0 Å². The fraction of sp³-hybridized carbons (Fsp3) is 0.444. The first-order valence-electron chi connectivity index (χ1n) is 11.8. The van der Waals surface area contributed by atoms with Crippen molar-refractivity contribution in [2.75, 3.05) is 19.0 Å². The van der Waals surface area contributed by atoms with Crippen LogP contribution >= 0.6 is 0 Å². The van der Waals surface area contributed by atoms with Crippen molar-refractivity contribution in [3.8, 4) is 5.75 Å². The molecular weight excluding hydrogens is 446 g/mol. The molecule has 0 aliphatic heterocycles. The highest BCUT2D eigenvalue weighted by atomic mass is 16.6. The Morgan fingerprint density at radius 2 is 1.63 bits per heavy atom. The average Bonchev–Trinajstić information content (AvgIpc) is 3.59. The fourth-order valence-corrected chi connectivity index (χ4v) is 3.96. The van der Waals surface area contributed by atoms with Gasteiger partial charge in [-0.1, -0.05) is 29.3 Å². The summed E-state index contributed by atoms with van der Waals surface area (Å²) in [5.74, 6) is 0.0157. The molecule has 2 aromatic rings. The lowest BCUT2D eigenvalue weighted by Crippen LogP contribution is -2.47. The Hall–Kier alpha value is -3.55. The minimum Gasteiger partial charge on any atom is -0.497 e. The number of carbonyl (C=O) groups is 3. The van der Waals surface area contributed by atoms with Crippen molar-refractivity contribution in [3.05, 3.63) is 59.2 Å². The van der Waals surface area contributed by atoms with Crippen molar-refractivity contribution in [2.24, 2.45) is 0 Å². The number of nitrogens with one attached hydrogen (secondary N) is 2. The van der Waals surface area contributed by atoms with Gasteiger partial charge in [0, 0.05) is 11.7 Å². The van der Waals surface area contributed by atoms with Crippen LogP contribution in [0.5, 0.6) is 5.75 Å². The van der Waals surface area contributed by atoms with Gasteiger partial charge in [-0.05, 0) is 77.3 Å². The molecule has 3 amide bonds. The SMILES string of the molecule is COc1ccc(NC(=O)C(c2cc(C)cc(C)c2)N(C(=O)CNC(=O)OC(C)(C)C)C2CC2)cc1. The summed E-state index contributed by atoms with van der Waals surface area (Å²) in [4.78, 5) is 40.8. The van der Waals surface area contributed by atoms with E-state index in [0.717, 1.165) is 29.5 Å². The van der Waals surface area contributed by atoms with Crippen LogP contribution in [0.2, 0.25) is 0 Å². The number of benzene rings is 2. The Kier molecular flexibility index (Phi) is 8.04. The van der Waals surface area contributed by atoms with Gasteiger partial charge in [0.25, 0.3) is 5.91 Å². The van der Waals surface area contributed by atoms with Crippen molar-refractivity contribution in [2.45, 2.75) is 65.1 Å². The quantitative estimate of drug-likeness (QED) is 0.578. The molecule has 1 saturated carbocycles. The first kappa shape index (κ1) is 26.1. The lowest BCUT2D eigenvalue weighted by molar-refractivity contribution is -0.138. The summed E-state index contributed by atoms with van der Waals surface area (Å²) in [6.07, 6.45) is 0.928. The summed E-state index contributed by atoms with van der Waals surface area (Å²) in [6, 6.07) is 12.0. The van der Waals surface area contributed by atoms with Crippen LogP contribution in [-0.2, 0) is 14.3 Å². The van der Waals surface area contributed by atoms with E-state index < -0.39 is 17.7 Å². The smallest absolute Gasteiger partial charge is 0.408 e. The Labute approximate surface area is 207 Å². The molecule has 35 heavy (non-hydrogen) atoms. The van der Waals surface area contributed by atoms with E-state index in [2.05, 4.69) is 10.6 Å². The third-order valence-electron chi connectivity index (χ3n) is 5.45. The number of aryl methyl sites for hydroxylation is 2. The standard InChI is InChI=1S/C27H35N3O5/c1-17-13-18(2)15-19(14-17)24(25(32)29-20-7-11-22(34-6)12-8-20)30(21-9-10-21)23(31)16-28-26(33)35-27(3,4)5/h7-8,11-15,21,24H,9-10,16H2,1-6H3,(H,28,33)(H,29,32). The van der Waals surface area contributed by atoms with E-state index in [4.69, 9.17) is 9.47 Å². The molecular formula is C27H35N3O5. The maximum Gasteiger partial charge on any atom is 0.408 e. The first-order valence-corrected chi connectivity index (χ1v) is 11.8. The number of ether oxygens (including phenoxy) is 2. The van der Waals surface area contributed by atoms with Gasteiger partial charge in [0.2, 0.25) is 5.91 Å². The van der Waals surface area contributed by atoms with Crippen molar-refractivity contribution in [1.29, 1.82) is 0 Å². The molecule has 0 spiro atoms. The number of amides is 3. The first-order chi connectivity index (χ1) is 16.5. The molecule has 2 aromatic carbocycles. The van der Waals surface area contributed by atoms with Gasteiger partial charge in [0.05, 0.1) is 7.11 Å². The average molecular weight is 482 g/mol. The topological polar surface area (TPSA) is 97.0 Å². The summed E-state index contributed by atoms with van der Waals surface area (Å²) < 4.78 is 10.4. The Morgan fingerprint density at radius 1 is 1.03 bits per heavy atom. The van der Waals surface area contributed by atoms with Crippen molar-refractivity contribution < 1.29 is 23.9 Å². The van der Waals surface area contributed by atoms with Crippen LogP contribution in [0.3, 0.4) is 0 Å². The second-order valence-electron chi connectivity index (χ2n) is 9.93. The van der Waals surface area contributed by atoms with Gasteiger partial charge in [0.1, 0.15) is 23.9 Å². The maximum atomic E-state index is 13.6. The molecule has 1 unspecified atom stereocenters. The van der Waals surface area contributed by atoms with E-state index in [0.29, 0.717) is 11.4 Å². The molecule has 0 saturated heterocycles. The molecule has 8 heteroatoms. The van der Waals surface area contributed by atoms with Gasteiger partial charge < -0.3 is 25.0 Å². The van der Waals surface area contributed by atoms with Gasteiger partial charge >= 0.3 is 6.09 Å². The van der Waals surface area contributed by atoms with Gasteiger partial charge in [-0.25, -0.2) is 4.79 Å². The van der Waals surface area contributed by atoms with Gasteiger partial charge in [-0.15, -0.1) is 0 Å². The number of rotatable bonds is 8. The van der Waals surface area contributed by atoms with Crippen molar-refractivity contribution in [3.63, 3.8) is 0 Å². The normalized spacial score (nSPS) is 14.0.